The summed E-state index contributed by atoms with van der Waals surface area (Å²) in [7, 11) is 0. The molecule has 0 radical (unpaired) electrons. The molecule has 1 aromatic carbocycles. The van der Waals surface area contributed by atoms with Gasteiger partial charge < -0.3 is 10.1 Å². The second-order valence-corrected chi connectivity index (χ2v) is 5.20. The Bertz CT molecular complexity index is 384. The van der Waals surface area contributed by atoms with Crippen molar-refractivity contribution in [2.75, 3.05) is 0 Å². The molecule has 2 nitrogen and oxygen atoms in total. The number of benzene rings is 1. The van der Waals surface area contributed by atoms with E-state index < -0.39 is 6.61 Å². The third kappa shape index (κ3) is 5.87. The van der Waals surface area contributed by atoms with Crippen LogP contribution >= 0.6 is 0 Å². The zero-order valence-corrected chi connectivity index (χ0v) is 12.5. The van der Waals surface area contributed by atoms with Crippen molar-refractivity contribution in [1.82, 2.24) is 5.32 Å². The smallest absolute Gasteiger partial charge is 0.387 e. The Kier molecular flexibility index (Phi) is 7.52. The molecule has 4 heteroatoms. The lowest BCUT2D eigenvalue weighted by Gasteiger charge is -2.22. The minimum atomic E-state index is -2.79. The number of unbranched alkanes of at least 4 members (excludes halogenated alkanes) is 2. The maximum Gasteiger partial charge on any atom is 0.387 e. The fourth-order valence-corrected chi connectivity index (χ4v) is 2.34. The van der Waals surface area contributed by atoms with Crippen molar-refractivity contribution >= 4 is 0 Å². The first-order valence-corrected chi connectivity index (χ1v) is 7.34. The summed E-state index contributed by atoms with van der Waals surface area (Å²) >= 11 is 0. The number of halogens is 2. The Balaban J connectivity index is 2.60. The van der Waals surface area contributed by atoms with E-state index in [0.29, 0.717) is 6.04 Å². The van der Waals surface area contributed by atoms with Gasteiger partial charge >= 0.3 is 6.61 Å². The molecule has 1 rings (SSSR count). The molecule has 0 fully saturated rings. The number of rotatable bonds is 9. The van der Waals surface area contributed by atoms with Gasteiger partial charge in [0.25, 0.3) is 0 Å². The Labute approximate surface area is 120 Å². The molecule has 0 saturated heterocycles. The van der Waals surface area contributed by atoms with Gasteiger partial charge in [-0.1, -0.05) is 44.4 Å². The van der Waals surface area contributed by atoms with E-state index in [1.807, 2.05) is 19.1 Å². The molecule has 114 valence electrons. The summed E-state index contributed by atoms with van der Waals surface area (Å²) in [5, 5.41) is 3.44. The summed E-state index contributed by atoms with van der Waals surface area (Å²) in [4.78, 5) is 0. The molecule has 0 heterocycles. The number of para-hydroxylation sites is 1. The molecule has 0 aliphatic carbocycles. The van der Waals surface area contributed by atoms with Crippen molar-refractivity contribution in [1.29, 1.82) is 0 Å². The van der Waals surface area contributed by atoms with Crippen molar-refractivity contribution in [3.8, 4) is 5.75 Å². The minimum Gasteiger partial charge on any atom is -0.434 e. The zero-order chi connectivity index (χ0) is 15.0. The molecule has 0 aliphatic rings. The lowest BCUT2D eigenvalue weighted by Crippen LogP contribution is -2.29. The monoisotopic (exact) mass is 285 g/mol. The van der Waals surface area contributed by atoms with Crippen LogP contribution in [0.15, 0.2) is 24.3 Å². The van der Waals surface area contributed by atoms with Crippen LogP contribution in [0.2, 0.25) is 0 Å². The van der Waals surface area contributed by atoms with Crippen LogP contribution in [0.1, 0.15) is 58.1 Å². The van der Waals surface area contributed by atoms with Gasteiger partial charge in [0.15, 0.2) is 0 Å². The zero-order valence-electron chi connectivity index (χ0n) is 12.5. The lowest BCUT2D eigenvalue weighted by molar-refractivity contribution is -0.0506. The van der Waals surface area contributed by atoms with Gasteiger partial charge in [-0.05, 0) is 26.3 Å². The number of nitrogens with one attached hydrogen (secondary N) is 1. The molecule has 0 spiro atoms. The van der Waals surface area contributed by atoms with Gasteiger partial charge in [0.2, 0.25) is 0 Å². The summed E-state index contributed by atoms with van der Waals surface area (Å²) in [5.41, 5.74) is 0.773. The quantitative estimate of drug-likeness (QED) is 0.651. The van der Waals surface area contributed by atoms with E-state index in [4.69, 9.17) is 0 Å². The van der Waals surface area contributed by atoms with E-state index in [1.165, 1.54) is 19.3 Å². The van der Waals surface area contributed by atoms with Gasteiger partial charge in [0.1, 0.15) is 5.75 Å². The van der Waals surface area contributed by atoms with Gasteiger partial charge in [0, 0.05) is 17.6 Å². The number of hydrogen-bond acceptors (Lipinski definition) is 2. The second kappa shape index (κ2) is 8.90. The van der Waals surface area contributed by atoms with Crippen molar-refractivity contribution in [3.05, 3.63) is 29.8 Å². The van der Waals surface area contributed by atoms with Crippen LogP contribution in [0, 0.1) is 0 Å². The minimum absolute atomic E-state index is 0.0124. The van der Waals surface area contributed by atoms with Crippen LogP contribution in [-0.2, 0) is 0 Å². The molecular formula is C16H25F2NO. The van der Waals surface area contributed by atoms with Crippen molar-refractivity contribution in [3.63, 3.8) is 0 Å². The fraction of sp³-hybridized carbons (Fsp3) is 0.625. The van der Waals surface area contributed by atoms with E-state index in [9.17, 15) is 8.78 Å². The lowest BCUT2D eigenvalue weighted by atomic mass is 10.0. The highest BCUT2D eigenvalue weighted by atomic mass is 19.3. The summed E-state index contributed by atoms with van der Waals surface area (Å²) in [5.74, 6) is 0.253. The van der Waals surface area contributed by atoms with Gasteiger partial charge in [-0.2, -0.15) is 8.78 Å². The van der Waals surface area contributed by atoms with E-state index in [-0.39, 0.29) is 11.8 Å². The maximum atomic E-state index is 12.4. The van der Waals surface area contributed by atoms with Crippen LogP contribution in [0.4, 0.5) is 8.78 Å². The standard InChI is InChI=1S/C16H25F2NO/c1-4-5-6-9-12(2)19-13(3)14-10-7-8-11-15(14)20-16(17)18/h7-8,10-13,16,19H,4-6,9H2,1-3H3. The number of ether oxygens (including phenoxy) is 1. The first-order chi connectivity index (χ1) is 9.54. The molecule has 1 aromatic rings. The molecule has 1 N–H and O–H groups in total. The fourth-order valence-electron chi connectivity index (χ4n) is 2.34. The molecule has 20 heavy (non-hydrogen) atoms. The maximum absolute atomic E-state index is 12.4. The van der Waals surface area contributed by atoms with Gasteiger partial charge in [-0.25, -0.2) is 0 Å². The summed E-state index contributed by atoms with van der Waals surface area (Å²) < 4.78 is 29.4. The van der Waals surface area contributed by atoms with Gasteiger partial charge in [-0.3, -0.25) is 0 Å². The highest BCUT2D eigenvalue weighted by Gasteiger charge is 2.15. The third-order valence-electron chi connectivity index (χ3n) is 3.38. The Hall–Kier alpha value is -1.16. The largest absolute Gasteiger partial charge is 0.434 e. The summed E-state index contributed by atoms with van der Waals surface area (Å²) in [6.07, 6.45) is 4.71. The summed E-state index contributed by atoms with van der Waals surface area (Å²) in [6, 6.07) is 7.31. The molecule has 2 atom stereocenters. The average Bonchev–Trinajstić information content (AvgIpc) is 2.38. The predicted molar refractivity (Wildman–Crippen MR) is 78.2 cm³/mol. The van der Waals surface area contributed by atoms with Crippen molar-refractivity contribution in [2.24, 2.45) is 0 Å². The Morgan fingerprint density at radius 3 is 2.50 bits per heavy atom. The SMILES string of the molecule is CCCCCC(C)NC(C)c1ccccc1OC(F)F. The molecule has 0 amide bonds. The Morgan fingerprint density at radius 2 is 1.85 bits per heavy atom. The number of hydrogen-bond donors (Lipinski definition) is 1. The van der Waals surface area contributed by atoms with E-state index in [1.54, 1.807) is 12.1 Å². The molecule has 0 aliphatic heterocycles. The van der Waals surface area contributed by atoms with Crippen LogP contribution < -0.4 is 10.1 Å². The average molecular weight is 285 g/mol. The predicted octanol–water partition coefficient (Wildman–Crippen LogP) is 4.91. The molecule has 0 aromatic heterocycles. The first-order valence-electron chi connectivity index (χ1n) is 7.34. The summed E-state index contributed by atoms with van der Waals surface area (Å²) in [6.45, 7) is 3.50. The van der Waals surface area contributed by atoms with Crippen LogP contribution in [-0.4, -0.2) is 12.7 Å². The van der Waals surface area contributed by atoms with Crippen molar-refractivity contribution < 1.29 is 13.5 Å². The molecule has 0 bridgehead atoms. The van der Waals surface area contributed by atoms with Gasteiger partial charge in [-0.15, -0.1) is 0 Å². The Morgan fingerprint density at radius 1 is 1.15 bits per heavy atom. The van der Waals surface area contributed by atoms with Crippen molar-refractivity contribution in [2.45, 2.75) is 65.1 Å². The highest BCUT2D eigenvalue weighted by Crippen LogP contribution is 2.26. The molecular weight excluding hydrogens is 260 g/mol. The van der Waals surface area contributed by atoms with E-state index >= 15 is 0 Å². The van der Waals surface area contributed by atoms with Gasteiger partial charge in [0.05, 0.1) is 0 Å². The number of alkyl halides is 2. The van der Waals surface area contributed by atoms with Crippen LogP contribution in [0.25, 0.3) is 0 Å². The van der Waals surface area contributed by atoms with E-state index in [2.05, 4.69) is 23.9 Å². The molecule has 2 unspecified atom stereocenters. The highest BCUT2D eigenvalue weighted by molar-refractivity contribution is 5.35. The second-order valence-electron chi connectivity index (χ2n) is 5.20. The van der Waals surface area contributed by atoms with Crippen LogP contribution in [0.3, 0.4) is 0 Å². The third-order valence-corrected chi connectivity index (χ3v) is 3.38. The van der Waals surface area contributed by atoms with Crippen LogP contribution in [0.5, 0.6) is 5.75 Å². The first kappa shape index (κ1) is 16.9. The van der Waals surface area contributed by atoms with E-state index in [0.717, 1.165) is 12.0 Å². The topological polar surface area (TPSA) is 21.3 Å². The molecule has 0 saturated carbocycles. The normalized spacial score (nSPS) is 14.3.